The standard InChI is InChI=1S/C15H20N6O2/c1-10(19-15-18-9-17-14(16)20-15)8-23-13-6-4-5-12(7-13)21(3)11(2)22/h4-7,9-10H,8H2,1-3H3,(H3,16,17,18,19,20). The largest absolute Gasteiger partial charge is 0.491 e. The van der Waals surface area contributed by atoms with Crippen LogP contribution in [-0.4, -0.2) is 40.6 Å². The van der Waals surface area contributed by atoms with E-state index in [0.29, 0.717) is 18.3 Å². The second-order valence-electron chi connectivity index (χ2n) is 5.10. The second-order valence-corrected chi connectivity index (χ2v) is 5.10. The van der Waals surface area contributed by atoms with Crippen LogP contribution in [0.1, 0.15) is 13.8 Å². The van der Waals surface area contributed by atoms with E-state index in [0.717, 1.165) is 5.69 Å². The fourth-order valence-electron chi connectivity index (χ4n) is 1.83. The Morgan fingerprint density at radius 2 is 2.22 bits per heavy atom. The highest BCUT2D eigenvalue weighted by molar-refractivity contribution is 5.91. The van der Waals surface area contributed by atoms with Crippen LogP contribution in [0.5, 0.6) is 5.75 Å². The van der Waals surface area contributed by atoms with Crippen LogP contribution >= 0.6 is 0 Å². The van der Waals surface area contributed by atoms with Gasteiger partial charge in [-0.15, -0.1) is 0 Å². The maximum atomic E-state index is 11.4. The van der Waals surface area contributed by atoms with E-state index in [1.54, 1.807) is 11.9 Å². The summed E-state index contributed by atoms with van der Waals surface area (Å²) in [6.45, 7) is 3.85. The molecule has 0 aliphatic carbocycles. The third kappa shape index (κ3) is 4.80. The molecule has 3 N–H and O–H groups in total. The molecule has 1 heterocycles. The van der Waals surface area contributed by atoms with E-state index < -0.39 is 0 Å². The van der Waals surface area contributed by atoms with E-state index in [2.05, 4.69) is 20.3 Å². The van der Waals surface area contributed by atoms with Crippen molar-refractivity contribution in [2.75, 3.05) is 29.6 Å². The first-order valence-corrected chi connectivity index (χ1v) is 7.14. The van der Waals surface area contributed by atoms with Gasteiger partial charge in [0.05, 0.1) is 6.04 Å². The Labute approximate surface area is 134 Å². The Morgan fingerprint density at radius 3 is 2.91 bits per heavy atom. The average Bonchev–Trinajstić information content (AvgIpc) is 2.52. The number of carbonyl (C=O) groups excluding carboxylic acids is 1. The zero-order valence-corrected chi connectivity index (χ0v) is 13.4. The fourth-order valence-corrected chi connectivity index (χ4v) is 1.83. The van der Waals surface area contributed by atoms with Gasteiger partial charge in [-0.2, -0.15) is 4.98 Å². The molecular formula is C15H20N6O2. The highest BCUT2D eigenvalue weighted by Gasteiger charge is 2.08. The number of hydrogen-bond acceptors (Lipinski definition) is 7. The molecule has 1 aromatic heterocycles. The van der Waals surface area contributed by atoms with Crippen molar-refractivity contribution in [3.63, 3.8) is 0 Å². The van der Waals surface area contributed by atoms with Crippen LogP contribution < -0.4 is 20.7 Å². The zero-order valence-electron chi connectivity index (χ0n) is 13.4. The van der Waals surface area contributed by atoms with Gasteiger partial charge in [0.25, 0.3) is 0 Å². The van der Waals surface area contributed by atoms with Gasteiger partial charge in [-0.05, 0) is 19.1 Å². The number of benzene rings is 1. The molecule has 122 valence electrons. The Bertz CT molecular complexity index is 679. The van der Waals surface area contributed by atoms with Crippen molar-refractivity contribution in [2.45, 2.75) is 19.9 Å². The topological polar surface area (TPSA) is 106 Å². The lowest BCUT2D eigenvalue weighted by atomic mass is 10.2. The fraction of sp³-hybridized carbons (Fsp3) is 0.333. The van der Waals surface area contributed by atoms with Gasteiger partial charge >= 0.3 is 0 Å². The third-order valence-electron chi connectivity index (χ3n) is 3.14. The summed E-state index contributed by atoms with van der Waals surface area (Å²) in [5, 5.41) is 3.08. The number of aromatic nitrogens is 3. The predicted molar refractivity (Wildman–Crippen MR) is 88.3 cm³/mol. The number of nitrogens with two attached hydrogens (primary N) is 1. The zero-order chi connectivity index (χ0) is 16.8. The lowest BCUT2D eigenvalue weighted by Crippen LogP contribution is -2.25. The minimum atomic E-state index is -0.0374. The molecule has 0 saturated carbocycles. The molecule has 0 bridgehead atoms. The van der Waals surface area contributed by atoms with Crippen molar-refractivity contribution in [2.24, 2.45) is 0 Å². The molecule has 1 atom stereocenters. The van der Waals surface area contributed by atoms with Crippen LogP contribution in [-0.2, 0) is 4.79 Å². The Morgan fingerprint density at radius 1 is 1.43 bits per heavy atom. The molecule has 0 aliphatic rings. The number of amides is 1. The summed E-state index contributed by atoms with van der Waals surface area (Å²) in [5.41, 5.74) is 6.28. The number of carbonyl (C=O) groups is 1. The van der Waals surface area contributed by atoms with E-state index in [4.69, 9.17) is 10.5 Å². The Hall–Kier alpha value is -2.90. The van der Waals surface area contributed by atoms with Gasteiger partial charge in [-0.25, -0.2) is 9.97 Å². The number of nitrogen functional groups attached to an aromatic ring is 1. The Balaban J connectivity index is 1.92. The number of hydrogen-bond donors (Lipinski definition) is 2. The van der Waals surface area contributed by atoms with Crippen LogP contribution in [0.4, 0.5) is 17.6 Å². The van der Waals surface area contributed by atoms with Gasteiger partial charge < -0.3 is 20.7 Å². The molecule has 0 aliphatic heterocycles. The molecule has 8 heteroatoms. The lowest BCUT2D eigenvalue weighted by molar-refractivity contribution is -0.116. The molecule has 0 radical (unpaired) electrons. The number of anilines is 3. The van der Waals surface area contributed by atoms with Crippen molar-refractivity contribution in [3.05, 3.63) is 30.6 Å². The van der Waals surface area contributed by atoms with Crippen LogP contribution in [0.25, 0.3) is 0 Å². The molecule has 1 amide bonds. The van der Waals surface area contributed by atoms with Crippen molar-refractivity contribution in [3.8, 4) is 5.75 Å². The molecule has 2 aromatic rings. The smallest absolute Gasteiger partial charge is 0.227 e. The van der Waals surface area contributed by atoms with E-state index in [1.165, 1.54) is 13.3 Å². The quantitative estimate of drug-likeness (QED) is 0.827. The maximum absolute atomic E-state index is 11.4. The summed E-state index contributed by atoms with van der Waals surface area (Å²) >= 11 is 0. The SMILES string of the molecule is CC(=O)N(C)c1cccc(OCC(C)Nc2ncnc(N)n2)c1. The van der Waals surface area contributed by atoms with Gasteiger partial charge in [0.1, 0.15) is 18.7 Å². The summed E-state index contributed by atoms with van der Waals surface area (Å²) in [6.07, 6.45) is 1.35. The average molecular weight is 316 g/mol. The lowest BCUT2D eigenvalue weighted by Gasteiger charge is -2.18. The maximum Gasteiger partial charge on any atom is 0.227 e. The molecule has 23 heavy (non-hydrogen) atoms. The van der Waals surface area contributed by atoms with E-state index in [-0.39, 0.29) is 17.9 Å². The van der Waals surface area contributed by atoms with Gasteiger partial charge in [-0.3, -0.25) is 4.79 Å². The molecule has 1 aromatic carbocycles. The first kappa shape index (κ1) is 16.5. The summed E-state index contributed by atoms with van der Waals surface area (Å²) in [5.74, 6) is 1.21. The predicted octanol–water partition coefficient (Wildman–Crippen LogP) is 1.32. The van der Waals surface area contributed by atoms with E-state index in [1.807, 2.05) is 31.2 Å². The van der Waals surface area contributed by atoms with Crippen LogP contribution in [0.2, 0.25) is 0 Å². The van der Waals surface area contributed by atoms with Gasteiger partial charge in [0.2, 0.25) is 17.8 Å². The summed E-state index contributed by atoms with van der Waals surface area (Å²) in [4.78, 5) is 24.6. The van der Waals surface area contributed by atoms with Crippen molar-refractivity contribution >= 4 is 23.5 Å². The molecule has 0 saturated heterocycles. The number of nitrogens with one attached hydrogen (secondary N) is 1. The monoisotopic (exact) mass is 316 g/mol. The van der Waals surface area contributed by atoms with Crippen LogP contribution in [0, 0.1) is 0 Å². The first-order valence-electron chi connectivity index (χ1n) is 7.14. The molecule has 8 nitrogen and oxygen atoms in total. The third-order valence-corrected chi connectivity index (χ3v) is 3.14. The van der Waals surface area contributed by atoms with Crippen LogP contribution in [0.15, 0.2) is 30.6 Å². The summed E-state index contributed by atoms with van der Waals surface area (Å²) in [7, 11) is 1.72. The van der Waals surface area contributed by atoms with E-state index in [9.17, 15) is 4.79 Å². The van der Waals surface area contributed by atoms with Crippen molar-refractivity contribution in [1.82, 2.24) is 15.0 Å². The first-order chi connectivity index (χ1) is 11.0. The molecule has 2 rings (SSSR count). The van der Waals surface area contributed by atoms with Gasteiger partial charge in [0, 0.05) is 25.7 Å². The number of nitrogens with zero attached hydrogens (tertiary/aromatic N) is 4. The summed E-state index contributed by atoms with van der Waals surface area (Å²) < 4.78 is 5.74. The highest BCUT2D eigenvalue weighted by Crippen LogP contribution is 2.20. The van der Waals surface area contributed by atoms with Crippen LogP contribution in [0.3, 0.4) is 0 Å². The minimum absolute atomic E-state index is 0.0361. The van der Waals surface area contributed by atoms with Gasteiger partial charge in [0.15, 0.2) is 0 Å². The molecule has 1 unspecified atom stereocenters. The second kappa shape index (κ2) is 7.39. The molecular weight excluding hydrogens is 296 g/mol. The number of rotatable bonds is 6. The summed E-state index contributed by atoms with van der Waals surface area (Å²) in [6, 6.07) is 7.31. The molecule has 0 fully saturated rings. The highest BCUT2D eigenvalue weighted by atomic mass is 16.5. The van der Waals surface area contributed by atoms with E-state index >= 15 is 0 Å². The molecule has 0 spiro atoms. The van der Waals surface area contributed by atoms with Gasteiger partial charge in [-0.1, -0.05) is 6.07 Å². The Kier molecular flexibility index (Phi) is 5.29. The van der Waals surface area contributed by atoms with Crippen molar-refractivity contribution in [1.29, 1.82) is 0 Å². The normalized spacial score (nSPS) is 11.6. The minimum Gasteiger partial charge on any atom is -0.491 e. The number of ether oxygens (including phenoxy) is 1. The van der Waals surface area contributed by atoms with Crippen molar-refractivity contribution < 1.29 is 9.53 Å².